The van der Waals surface area contributed by atoms with Crippen molar-refractivity contribution in [1.29, 1.82) is 0 Å². The van der Waals surface area contributed by atoms with Gasteiger partial charge in [-0.3, -0.25) is 0 Å². The molecule has 2 atom stereocenters. The topological polar surface area (TPSA) is 0 Å². The van der Waals surface area contributed by atoms with Gasteiger partial charge in [0.2, 0.25) is 0 Å². The molecule has 4 rings (SSSR count). The van der Waals surface area contributed by atoms with E-state index in [0.29, 0.717) is 0 Å². The van der Waals surface area contributed by atoms with Crippen LogP contribution in [0.1, 0.15) is 14.8 Å². The van der Waals surface area contributed by atoms with E-state index in [0.717, 1.165) is 0 Å². The Bertz CT molecular complexity index is 851. The van der Waals surface area contributed by atoms with Gasteiger partial charge in [-0.2, -0.15) is 0 Å². The molecule has 0 amide bonds. The Morgan fingerprint density at radius 2 is 1.67 bits per heavy atom. The molecule has 0 saturated carbocycles. The second kappa shape index (κ2) is 5.40. The third-order valence-corrected chi connectivity index (χ3v) is 27.7. The fraction of sp³-hybridized carbons (Fsp3) is 0.0588. The Balaban J connectivity index is 1.86. The van der Waals surface area contributed by atoms with E-state index in [9.17, 15) is 0 Å². The summed E-state index contributed by atoms with van der Waals surface area (Å²) in [5.74, 6) is 2.28. The van der Waals surface area contributed by atoms with Crippen LogP contribution in [0.25, 0.3) is 16.6 Å². The molecule has 4 heteroatoms. The van der Waals surface area contributed by atoms with Crippen LogP contribution in [0.15, 0.2) is 66.5 Å². The van der Waals surface area contributed by atoms with Gasteiger partial charge in [0.25, 0.3) is 0 Å². The average molecular weight is 410 g/mol. The van der Waals surface area contributed by atoms with Crippen LogP contribution in [0.2, 0.25) is 0 Å². The van der Waals surface area contributed by atoms with Gasteiger partial charge < -0.3 is 0 Å². The second-order valence-corrected chi connectivity index (χ2v) is 30.3. The standard InChI is InChI=1S/C9H7.C8H6P.2ClH.Zr/c1-2-5-9-7-3-6-8(9)4-1;1-2-4-8-7(3-1)5-6-9-8;;;/h1-7H;1-6H;2*1H;/q;-1;;;+3/p-2. The first-order valence-corrected chi connectivity index (χ1v) is 19.4. The molecule has 0 N–H and O–H groups in total. The van der Waals surface area contributed by atoms with Gasteiger partial charge in [0.1, 0.15) is 0 Å². The number of rotatable bonds is 2. The van der Waals surface area contributed by atoms with Crippen LogP contribution in [0.3, 0.4) is 0 Å². The first-order chi connectivity index (χ1) is 10.2. The molecule has 0 nitrogen and oxygen atoms in total. The van der Waals surface area contributed by atoms with Crippen molar-refractivity contribution in [2.45, 2.75) is 3.63 Å². The summed E-state index contributed by atoms with van der Waals surface area (Å²) < 4.78 is 0.251. The Hall–Kier alpha value is -0.317. The molecule has 1 aromatic heterocycles. The molecule has 0 radical (unpaired) electrons. The van der Waals surface area contributed by atoms with Crippen LogP contribution in [0.5, 0.6) is 0 Å². The zero-order valence-electron chi connectivity index (χ0n) is 11.2. The van der Waals surface area contributed by atoms with Gasteiger partial charge in [-0.15, -0.1) is 0 Å². The van der Waals surface area contributed by atoms with Gasteiger partial charge in [0.05, 0.1) is 0 Å². The zero-order chi connectivity index (χ0) is 14.4. The predicted molar refractivity (Wildman–Crippen MR) is 92.0 cm³/mol. The molecule has 0 bridgehead atoms. The Morgan fingerprint density at radius 1 is 0.905 bits per heavy atom. The molecule has 3 aromatic rings. The summed E-state index contributed by atoms with van der Waals surface area (Å²) in [6.45, 7) is 0. The molecule has 1 aliphatic carbocycles. The summed E-state index contributed by atoms with van der Waals surface area (Å²) >= 11 is -3.37. The monoisotopic (exact) mass is 408 g/mol. The summed E-state index contributed by atoms with van der Waals surface area (Å²) in [6.07, 6.45) is 4.41. The van der Waals surface area contributed by atoms with Crippen LogP contribution >= 0.6 is 21.9 Å². The molecular formula is C17H13Cl2PZr. The number of hydrogen-bond donors (Lipinski definition) is 0. The van der Waals surface area contributed by atoms with Gasteiger partial charge in [-0.1, -0.05) is 0 Å². The van der Waals surface area contributed by atoms with Crippen molar-refractivity contribution < 1.29 is 17.3 Å². The summed E-state index contributed by atoms with van der Waals surface area (Å²) in [5, 5.41) is 2.66. The fourth-order valence-corrected chi connectivity index (χ4v) is 24.3. The van der Waals surface area contributed by atoms with Crippen LogP contribution in [-0.4, -0.2) is 0 Å². The third kappa shape index (κ3) is 2.30. The van der Waals surface area contributed by atoms with E-state index in [1.165, 1.54) is 21.6 Å². The van der Waals surface area contributed by atoms with E-state index in [1.807, 2.05) is 0 Å². The number of allylic oxidation sites excluding steroid dienone is 1. The van der Waals surface area contributed by atoms with E-state index in [-0.39, 0.29) is 3.63 Å². The maximum atomic E-state index is 7.11. The van der Waals surface area contributed by atoms with E-state index >= 15 is 0 Å². The molecule has 0 aliphatic heterocycles. The Morgan fingerprint density at radius 3 is 2.57 bits per heavy atom. The van der Waals surface area contributed by atoms with Gasteiger partial charge in [0, 0.05) is 0 Å². The Labute approximate surface area is 136 Å². The van der Waals surface area contributed by atoms with Gasteiger partial charge in [-0.25, -0.2) is 0 Å². The number of hydrogen-bond acceptors (Lipinski definition) is 0. The summed E-state index contributed by atoms with van der Waals surface area (Å²) in [4.78, 5) is -0.531. The first kappa shape index (κ1) is 14.3. The van der Waals surface area contributed by atoms with Crippen molar-refractivity contribution in [3.05, 3.63) is 77.6 Å². The molecule has 1 heterocycles. The predicted octanol–water partition coefficient (Wildman–Crippen LogP) is 6.82. The minimum atomic E-state index is -3.37. The van der Waals surface area contributed by atoms with Crippen LogP contribution in [0.4, 0.5) is 0 Å². The number of halogens is 2. The summed E-state index contributed by atoms with van der Waals surface area (Å²) in [5.41, 5.74) is 2.59. The van der Waals surface area contributed by atoms with Crippen LogP contribution in [-0.2, 0) is 17.3 Å². The van der Waals surface area contributed by atoms with Crippen molar-refractivity contribution in [3.63, 3.8) is 0 Å². The molecule has 21 heavy (non-hydrogen) atoms. The quantitative estimate of drug-likeness (QED) is 0.435. The van der Waals surface area contributed by atoms with E-state index in [4.69, 9.17) is 17.0 Å². The van der Waals surface area contributed by atoms with Crippen molar-refractivity contribution in [3.8, 4) is 0 Å². The van der Waals surface area contributed by atoms with Crippen LogP contribution in [0, 0.1) is 0 Å². The molecule has 0 fully saturated rings. The fourth-order valence-electron chi connectivity index (χ4n) is 3.05. The molecule has 1 aliphatic rings. The Kier molecular flexibility index (Phi) is 3.67. The second-order valence-electron chi connectivity index (χ2n) is 5.30. The molecular weight excluding hydrogens is 397 g/mol. The van der Waals surface area contributed by atoms with Crippen molar-refractivity contribution in [2.75, 3.05) is 0 Å². The van der Waals surface area contributed by atoms with Gasteiger partial charge >= 0.3 is 137 Å². The number of fused-ring (bicyclic) bond motifs is 2. The molecule has 2 unspecified atom stereocenters. The van der Waals surface area contributed by atoms with Gasteiger partial charge in [-0.05, 0) is 0 Å². The van der Waals surface area contributed by atoms with Crippen molar-refractivity contribution in [2.24, 2.45) is 0 Å². The molecule has 2 aromatic carbocycles. The van der Waals surface area contributed by atoms with Gasteiger partial charge in [0.15, 0.2) is 0 Å². The molecule has 0 saturated heterocycles. The van der Waals surface area contributed by atoms with E-state index in [1.54, 1.807) is 0 Å². The van der Waals surface area contributed by atoms with E-state index in [2.05, 4.69) is 72.5 Å². The minimum absolute atomic E-state index is 0.251. The van der Waals surface area contributed by atoms with E-state index < -0.39 is 22.1 Å². The maximum absolute atomic E-state index is 7.11. The molecule has 104 valence electrons. The zero-order valence-corrected chi connectivity index (χ0v) is 16.1. The number of benzene rings is 2. The first-order valence-electron chi connectivity index (χ1n) is 6.89. The molecule has 0 spiro atoms. The van der Waals surface area contributed by atoms with Crippen molar-refractivity contribution >= 4 is 38.4 Å². The SMILES string of the molecule is [Cl][Zr]([Cl])([CH]1C=Cc2ccccc21)[p]1ccc2ccccc21. The third-order valence-electron chi connectivity index (χ3n) is 4.09. The summed E-state index contributed by atoms with van der Waals surface area (Å²) in [6, 6.07) is 19.2. The van der Waals surface area contributed by atoms with Crippen LogP contribution < -0.4 is 0 Å². The van der Waals surface area contributed by atoms with Crippen molar-refractivity contribution in [1.82, 2.24) is 0 Å². The summed E-state index contributed by atoms with van der Waals surface area (Å²) in [7, 11) is 14.2. The average Bonchev–Trinajstić information content (AvgIpc) is 3.12. The normalized spacial score (nSPS) is 18.2.